The van der Waals surface area contributed by atoms with E-state index in [4.69, 9.17) is 14.2 Å². The van der Waals surface area contributed by atoms with Crippen LogP contribution in [0.15, 0.2) is 58.0 Å². The quantitative estimate of drug-likeness (QED) is 0.414. The Labute approximate surface area is 186 Å². The predicted molar refractivity (Wildman–Crippen MR) is 123 cm³/mol. The van der Waals surface area contributed by atoms with Crippen LogP contribution in [-0.4, -0.2) is 26.9 Å². The third-order valence-electron chi connectivity index (χ3n) is 5.92. The van der Waals surface area contributed by atoms with Gasteiger partial charge in [-0.05, 0) is 48.6 Å². The lowest BCUT2D eigenvalue weighted by atomic mass is 10.0. The summed E-state index contributed by atoms with van der Waals surface area (Å²) in [5.74, 6) is 2.51. The molecule has 0 radical (unpaired) electrons. The minimum atomic E-state index is -0.171. The van der Waals surface area contributed by atoms with Crippen molar-refractivity contribution in [3.63, 3.8) is 0 Å². The maximum absolute atomic E-state index is 13.8. The molecule has 3 heterocycles. The molecule has 6 rings (SSSR count). The van der Waals surface area contributed by atoms with Gasteiger partial charge in [0.1, 0.15) is 22.2 Å². The molecule has 5 aromatic rings. The maximum Gasteiger partial charge on any atom is 0.263 e. The number of phenols is 1. The number of benzene rings is 2. The van der Waals surface area contributed by atoms with Crippen molar-refractivity contribution in [3.05, 3.63) is 70.3 Å². The summed E-state index contributed by atoms with van der Waals surface area (Å²) in [5, 5.41) is 15.3. The highest BCUT2D eigenvalue weighted by molar-refractivity contribution is 7.25. The van der Waals surface area contributed by atoms with Crippen molar-refractivity contribution in [1.29, 1.82) is 0 Å². The lowest BCUT2D eigenvalue weighted by Gasteiger charge is -2.15. The first-order chi connectivity index (χ1) is 15.6. The standard InChI is InChI=1S/C24H19N3O4S/c1-30-14-7-8-16(18(11-14)13-5-6-13)22-26-23-20(17-3-2-4-19(28)21(17)32-23)24(29)27(22)12-15-9-10-25-31-15/h2-4,7-11,13,28H,5-6,12H2,1H3. The molecule has 0 bridgehead atoms. The van der Waals surface area contributed by atoms with Gasteiger partial charge in [-0.25, -0.2) is 4.98 Å². The number of hydrogen-bond donors (Lipinski definition) is 1. The van der Waals surface area contributed by atoms with Crippen LogP contribution in [0.4, 0.5) is 0 Å². The molecule has 0 unspecified atom stereocenters. The molecule has 1 fully saturated rings. The second-order valence-corrected chi connectivity index (χ2v) is 8.97. The van der Waals surface area contributed by atoms with E-state index in [9.17, 15) is 9.90 Å². The first-order valence-electron chi connectivity index (χ1n) is 10.4. The first kappa shape index (κ1) is 19.1. The second kappa shape index (κ2) is 7.20. The Kier molecular flexibility index (Phi) is 4.29. The molecule has 7 nitrogen and oxygen atoms in total. The summed E-state index contributed by atoms with van der Waals surface area (Å²) >= 11 is 1.33. The zero-order valence-corrected chi connectivity index (χ0v) is 18.1. The summed E-state index contributed by atoms with van der Waals surface area (Å²) in [5.41, 5.74) is 1.87. The zero-order chi connectivity index (χ0) is 21.8. The fourth-order valence-corrected chi connectivity index (χ4v) is 5.28. The van der Waals surface area contributed by atoms with Crippen LogP contribution < -0.4 is 10.3 Å². The Morgan fingerprint density at radius 2 is 2.12 bits per heavy atom. The number of fused-ring (bicyclic) bond motifs is 3. The van der Waals surface area contributed by atoms with Gasteiger partial charge < -0.3 is 14.4 Å². The Hall–Kier alpha value is -3.65. The predicted octanol–water partition coefficient (Wildman–Crippen LogP) is 4.91. The largest absolute Gasteiger partial charge is 0.506 e. The van der Waals surface area contributed by atoms with E-state index in [0.29, 0.717) is 37.8 Å². The molecule has 3 aromatic heterocycles. The topological polar surface area (TPSA) is 90.4 Å². The number of phenolic OH excluding ortho intramolecular Hbond substituents is 1. The van der Waals surface area contributed by atoms with E-state index in [1.165, 1.54) is 11.3 Å². The van der Waals surface area contributed by atoms with Gasteiger partial charge in [-0.2, -0.15) is 0 Å². The Balaban J connectivity index is 1.68. The fraction of sp³-hybridized carbons (Fsp3) is 0.208. The molecule has 0 spiro atoms. The molecular weight excluding hydrogens is 426 g/mol. The van der Waals surface area contributed by atoms with E-state index in [1.807, 2.05) is 24.3 Å². The van der Waals surface area contributed by atoms with Crippen molar-refractivity contribution < 1.29 is 14.4 Å². The van der Waals surface area contributed by atoms with Crippen LogP contribution in [0.3, 0.4) is 0 Å². The van der Waals surface area contributed by atoms with Crippen molar-refractivity contribution in [2.24, 2.45) is 0 Å². The number of hydrogen-bond acceptors (Lipinski definition) is 7. The average Bonchev–Trinajstić information content (AvgIpc) is 3.38. The highest BCUT2D eigenvalue weighted by Gasteiger charge is 2.29. The van der Waals surface area contributed by atoms with Gasteiger partial charge in [0.2, 0.25) is 0 Å². The van der Waals surface area contributed by atoms with Gasteiger partial charge in [-0.15, -0.1) is 11.3 Å². The maximum atomic E-state index is 13.8. The highest BCUT2D eigenvalue weighted by Crippen LogP contribution is 2.46. The summed E-state index contributed by atoms with van der Waals surface area (Å²) in [7, 11) is 1.65. The van der Waals surface area contributed by atoms with Crippen LogP contribution in [0.2, 0.25) is 0 Å². The van der Waals surface area contributed by atoms with Crippen LogP contribution >= 0.6 is 11.3 Å². The number of rotatable bonds is 5. The number of ether oxygens (including phenoxy) is 1. The van der Waals surface area contributed by atoms with Gasteiger partial charge in [0.05, 0.1) is 29.9 Å². The number of nitrogens with zero attached hydrogens (tertiary/aromatic N) is 3. The summed E-state index contributed by atoms with van der Waals surface area (Å²) in [6.07, 6.45) is 3.77. The molecule has 160 valence electrons. The highest BCUT2D eigenvalue weighted by atomic mass is 32.1. The summed E-state index contributed by atoms with van der Waals surface area (Å²) in [6, 6.07) is 12.9. The van der Waals surface area contributed by atoms with Crippen molar-refractivity contribution in [1.82, 2.24) is 14.7 Å². The number of thiophene rings is 1. The molecular formula is C24H19N3O4S. The zero-order valence-electron chi connectivity index (χ0n) is 17.2. The van der Waals surface area contributed by atoms with Gasteiger partial charge in [0.25, 0.3) is 5.56 Å². The summed E-state index contributed by atoms with van der Waals surface area (Å²) in [4.78, 5) is 19.4. The molecule has 1 N–H and O–H groups in total. The van der Waals surface area contributed by atoms with E-state index in [1.54, 1.807) is 36.1 Å². The van der Waals surface area contributed by atoms with Crippen LogP contribution in [0.1, 0.15) is 30.1 Å². The SMILES string of the molecule is COc1ccc(-c2nc3sc4c(O)cccc4c3c(=O)n2Cc2ccno2)c(C2CC2)c1. The third kappa shape index (κ3) is 2.98. The van der Waals surface area contributed by atoms with E-state index in [-0.39, 0.29) is 17.9 Å². The van der Waals surface area contributed by atoms with Crippen molar-refractivity contribution in [2.45, 2.75) is 25.3 Å². The second-order valence-electron chi connectivity index (χ2n) is 7.97. The first-order valence-corrected chi connectivity index (χ1v) is 11.2. The molecule has 1 aliphatic carbocycles. The summed E-state index contributed by atoms with van der Waals surface area (Å²) < 4.78 is 13.1. The van der Waals surface area contributed by atoms with Gasteiger partial charge >= 0.3 is 0 Å². The van der Waals surface area contributed by atoms with E-state index < -0.39 is 0 Å². The van der Waals surface area contributed by atoms with Gasteiger partial charge in [0.15, 0.2) is 5.76 Å². The van der Waals surface area contributed by atoms with Gasteiger partial charge in [-0.1, -0.05) is 17.3 Å². The molecule has 8 heteroatoms. The lowest BCUT2D eigenvalue weighted by Crippen LogP contribution is -2.24. The van der Waals surface area contributed by atoms with Crippen molar-refractivity contribution in [2.75, 3.05) is 7.11 Å². The third-order valence-corrected chi connectivity index (χ3v) is 7.04. The fourth-order valence-electron chi connectivity index (χ4n) is 4.20. The molecule has 0 aliphatic heterocycles. The molecule has 2 aromatic carbocycles. The minimum Gasteiger partial charge on any atom is -0.506 e. The average molecular weight is 446 g/mol. The monoisotopic (exact) mass is 445 g/mol. The molecule has 1 saturated carbocycles. The van der Waals surface area contributed by atoms with Crippen molar-refractivity contribution >= 4 is 31.6 Å². The van der Waals surface area contributed by atoms with E-state index >= 15 is 0 Å². The lowest BCUT2D eigenvalue weighted by molar-refractivity contribution is 0.375. The Morgan fingerprint density at radius 1 is 1.25 bits per heavy atom. The smallest absolute Gasteiger partial charge is 0.263 e. The van der Waals surface area contributed by atoms with Crippen LogP contribution in [-0.2, 0) is 6.54 Å². The Bertz CT molecular complexity index is 1530. The minimum absolute atomic E-state index is 0.149. The van der Waals surface area contributed by atoms with E-state index in [0.717, 1.165) is 29.7 Å². The van der Waals surface area contributed by atoms with Crippen LogP contribution in [0.5, 0.6) is 11.5 Å². The van der Waals surface area contributed by atoms with Gasteiger partial charge in [0, 0.05) is 17.0 Å². The molecule has 0 amide bonds. The Morgan fingerprint density at radius 3 is 2.88 bits per heavy atom. The van der Waals surface area contributed by atoms with Crippen molar-refractivity contribution in [3.8, 4) is 22.9 Å². The summed E-state index contributed by atoms with van der Waals surface area (Å²) in [6.45, 7) is 0.212. The number of methoxy groups -OCH3 is 1. The normalized spacial score (nSPS) is 13.8. The molecule has 1 aliphatic rings. The molecule has 0 atom stereocenters. The number of aromatic hydroxyl groups is 1. The molecule has 0 saturated heterocycles. The molecule has 32 heavy (non-hydrogen) atoms. The number of aromatic nitrogens is 3. The van der Waals surface area contributed by atoms with Gasteiger partial charge in [-0.3, -0.25) is 9.36 Å². The van der Waals surface area contributed by atoms with Crippen LogP contribution in [0, 0.1) is 0 Å². The van der Waals surface area contributed by atoms with E-state index in [2.05, 4.69) is 5.16 Å². The van der Waals surface area contributed by atoms with Crippen LogP contribution in [0.25, 0.3) is 31.7 Å².